The molecule has 0 aromatic heterocycles. The van der Waals surface area contributed by atoms with Gasteiger partial charge in [-0.25, -0.2) is 12.7 Å². The summed E-state index contributed by atoms with van der Waals surface area (Å²) in [6.07, 6.45) is 7.36. The van der Waals surface area contributed by atoms with Crippen LogP contribution in [0.3, 0.4) is 0 Å². The molecule has 1 amide bonds. The zero-order valence-electron chi connectivity index (χ0n) is 18.7. The first-order valence-corrected chi connectivity index (χ1v) is 12.9. The van der Waals surface area contributed by atoms with Gasteiger partial charge < -0.3 is 10.6 Å². The molecule has 0 radical (unpaired) electrons. The van der Waals surface area contributed by atoms with Gasteiger partial charge in [-0.1, -0.05) is 12.1 Å². The zero-order chi connectivity index (χ0) is 22.5. The van der Waals surface area contributed by atoms with Crippen LogP contribution in [0.15, 0.2) is 53.4 Å². The fourth-order valence-electron chi connectivity index (χ4n) is 6.44. The summed E-state index contributed by atoms with van der Waals surface area (Å²) in [5, 5.41) is 6.74. The van der Waals surface area contributed by atoms with Gasteiger partial charge in [-0.15, -0.1) is 0 Å². The van der Waals surface area contributed by atoms with Crippen molar-refractivity contribution in [3.63, 3.8) is 0 Å². The maximum atomic E-state index is 13.4. The molecular weight excluding hydrogens is 422 g/mol. The van der Waals surface area contributed by atoms with Crippen LogP contribution in [0.2, 0.25) is 0 Å². The third-order valence-electron chi connectivity index (χ3n) is 7.50. The molecule has 4 fully saturated rings. The quantitative estimate of drug-likeness (QED) is 0.680. The van der Waals surface area contributed by atoms with Crippen LogP contribution < -0.4 is 10.6 Å². The van der Waals surface area contributed by atoms with E-state index in [0.29, 0.717) is 5.56 Å². The van der Waals surface area contributed by atoms with E-state index in [9.17, 15) is 13.2 Å². The summed E-state index contributed by atoms with van der Waals surface area (Å²) in [6, 6.07) is 14.1. The first-order chi connectivity index (χ1) is 15.2. The van der Waals surface area contributed by atoms with Gasteiger partial charge in [-0.2, -0.15) is 0 Å². The van der Waals surface area contributed by atoms with E-state index in [1.807, 2.05) is 24.3 Å². The van der Waals surface area contributed by atoms with Gasteiger partial charge in [0.1, 0.15) is 0 Å². The Morgan fingerprint density at radius 2 is 1.47 bits per heavy atom. The summed E-state index contributed by atoms with van der Waals surface area (Å²) in [6.45, 7) is 0. The Balaban J connectivity index is 1.34. The van der Waals surface area contributed by atoms with Crippen molar-refractivity contribution in [2.75, 3.05) is 19.4 Å². The molecule has 0 unspecified atom stereocenters. The van der Waals surface area contributed by atoms with Gasteiger partial charge in [-0.05, 0) is 92.7 Å². The molecule has 0 spiro atoms. The fraction of sp³-hybridized carbons (Fsp3) is 0.480. The third-order valence-corrected chi connectivity index (χ3v) is 9.33. The van der Waals surface area contributed by atoms with Crippen molar-refractivity contribution < 1.29 is 13.2 Å². The number of carbonyl (C=O) groups excluding carboxylic acids is 1. The molecule has 4 aliphatic carbocycles. The first kappa shape index (κ1) is 21.5. The molecule has 4 aliphatic rings. The Labute approximate surface area is 190 Å². The minimum Gasteiger partial charge on any atom is -0.355 e. The van der Waals surface area contributed by atoms with Crippen molar-refractivity contribution in [2.24, 2.45) is 17.8 Å². The molecule has 0 atom stereocenters. The fourth-order valence-corrected chi connectivity index (χ4v) is 7.34. The summed E-state index contributed by atoms with van der Waals surface area (Å²) in [4.78, 5) is 13.6. The van der Waals surface area contributed by atoms with E-state index in [2.05, 4.69) is 10.6 Å². The molecule has 170 valence electrons. The highest BCUT2D eigenvalue weighted by Crippen LogP contribution is 2.55. The van der Waals surface area contributed by atoms with E-state index in [0.717, 1.165) is 48.4 Å². The molecule has 4 saturated carbocycles. The number of carbonyl (C=O) groups is 1. The van der Waals surface area contributed by atoms with Crippen molar-refractivity contribution in [2.45, 2.75) is 49.0 Å². The SMILES string of the molecule is CN(C)S(=O)(=O)c1ccc(Nc2ccccc2C(=O)NC23CC4CC(CC(C4)C2)C3)cc1. The molecule has 0 aliphatic heterocycles. The molecule has 2 aromatic rings. The summed E-state index contributed by atoms with van der Waals surface area (Å²) in [5.41, 5.74) is 2.03. The second-order valence-electron chi connectivity index (χ2n) is 10.1. The van der Waals surface area contributed by atoms with Crippen LogP contribution in [0.25, 0.3) is 0 Å². The van der Waals surface area contributed by atoms with Crippen LogP contribution in [-0.2, 0) is 10.0 Å². The predicted molar refractivity (Wildman–Crippen MR) is 125 cm³/mol. The molecule has 32 heavy (non-hydrogen) atoms. The minimum absolute atomic E-state index is 0.0261. The third kappa shape index (κ3) is 3.92. The van der Waals surface area contributed by atoms with E-state index in [4.69, 9.17) is 0 Å². The number of sulfonamides is 1. The number of hydrogen-bond acceptors (Lipinski definition) is 4. The monoisotopic (exact) mass is 453 g/mol. The van der Waals surface area contributed by atoms with Gasteiger partial charge in [0.2, 0.25) is 10.0 Å². The van der Waals surface area contributed by atoms with Crippen LogP contribution in [0.5, 0.6) is 0 Å². The van der Waals surface area contributed by atoms with Crippen molar-refractivity contribution >= 4 is 27.3 Å². The second kappa shape index (κ2) is 7.89. The molecule has 0 heterocycles. The summed E-state index contributed by atoms with van der Waals surface area (Å²) < 4.78 is 25.8. The largest absolute Gasteiger partial charge is 0.355 e. The lowest BCUT2D eigenvalue weighted by atomic mass is 9.53. The summed E-state index contributed by atoms with van der Waals surface area (Å²) in [7, 11) is -0.445. The normalized spacial score (nSPS) is 28.7. The standard InChI is InChI=1S/C25H31N3O3S/c1-28(2)32(30,31)21-9-7-20(8-10-21)26-23-6-4-3-5-22(23)24(29)27-25-14-17-11-18(15-25)13-19(12-17)16-25/h3-10,17-19,26H,11-16H2,1-2H3,(H,27,29). The molecular formula is C25H31N3O3S. The Hall–Kier alpha value is -2.38. The molecule has 6 rings (SSSR count). The molecule has 6 nitrogen and oxygen atoms in total. The molecule has 2 aromatic carbocycles. The van der Waals surface area contributed by atoms with Crippen LogP contribution in [0.4, 0.5) is 11.4 Å². The van der Waals surface area contributed by atoms with Crippen LogP contribution in [0, 0.1) is 17.8 Å². The van der Waals surface area contributed by atoms with Crippen LogP contribution >= 0.6 is 0 Å². The Bertz CT molecular complexity index is 1090. The Kier molecular flexibility index (Phi) is 5.29. The summed E-state index contributed by atoms with van der Waals surface area (Å²) in [5.74, 6) is 2.28. The van der Waals surface area contributed by atoms with E-state index in [1.165, 1.54) is 37.7 Å². The smallest absolute Gasteiger partial charge is 0.253 e. The number of nitrogens with one attached hydrogen (secondary N) is 2. The van der Waals surface area contributed by atoms with Gasteiger partial charge in [0.25, 0.3) is 5.91 Å². The molecule has 7 heteroatoms. The summed E-state index contributed by atoms with van der Waals surface area (Å²) >= 11 is 0. The van der Waals surface area contributed by atoms with Gasteiger partial charge in [0.15, 0.2) is 0 Å². The topological polar surface area (TPSA) is 78.5 Å². The van der Waals surface area contributed by atoms with Gasteiger partial charge in [0.05, 0.1) is 16.1 Å². The van der Waals surface area contributed by atoms with Crippen LogP contribution in [-0.4, -0.2) is 38.3 Å². The molecule has 4 bridgehead atoms. The highest BCUT2D eigenvalue weighted by molar-refractivity contribution is 7.89. The Morgan fingerprint density at radius 3 is 2.03 bits per heavy atom. The predicted octanol–water partition coefficient (Wildman–Crippen LogP) is 4.38. The maximum Gasteiger partial charge on any atom is 0.253 e. The number of para-hydroxylation sites is 1. The van der Waals surface area contributed by atoms with E-state index >= 15 is 0 Å². The van der Waals surface area contributed by atoms with E-state index in [1.54, 1.807) is 24.3 Å². The van der Waals surface area contributed by atoms with Crippen molar-refractivity contribution in [3.8, 4) is 0 Å². The number of benzene rings is 2. The van der Waals surface area contributed by atoms with Crippen molar-refractivity contribution in [1.82, 2.24) is 9.62 Å². The van der Waals surface area contributed by atoms with Gasteiger partial charge >= 0.3 is 0 Å². The van der Waals surface area contributed by atoms with Crippen LogP contribution in [0.1, 0.15) is 48.9 Å². The van der Waals surface area contributed by atoms with E-state index < -0.39 is 10.0 Å². The Morgan fingerprint density at radius 1 is 0.906 bits per heavy atom. The lowest BCUT2D eigenvalue weighted by Crippen LogP contribution is -2.59. The van der Waals surface area contributed by atoms with Crippen molar-refractivity contribution in [3.05, 3.63) is 54.1 Å². The maximum absolute atomic E-state index is 13.4. The highest BCUT2D eigenvalue weighted by Gasteiger charge is 2.51. The molecule has 2 N–H and O–H groups in total. The average molecular weight is 454 g/mol. The first-order valence-electron chi connectivity index (χ1n) is 11.5. The lowest BCUT2D eigenvalue weighted by molar-refractivity contribution is -0.0166. The highest BCUT2D eigenvalue weighted by atomic mass is 32.2. The van der Waals surface area contributed by atoms with Crippen molar-refractivity contribution in [1.29, 1.82) is 0 Å². The lowest BCUT2D eigenvalue weighted by Gasteiger charge is -2.56. The van der Waals surface area contributed by atoms with Gasteiger partial charge in [0, 0.05) is 25.3 Å². The number of nitrogens with zero attached hydrogens (tertiary/aromatic N) is 1. The number of hydrogen-bond donors (Lipinski definition) is 2. The zero-order valence-corrected chi connectivity index (χ0v) is 19.5. The molecule has 0 saturated heterocycles. The number of rotatable bonds is 6. The number of anilines is 2. The van der Waals surface area contributed by atoms with E-state index in [-0.39, 0.29) is 16.3 Å². The van der Waals surface area contributed by atoms with Gasteiger partial charge in [-0.3, -0.25) is 4.79 Å². The number of amides is 1. The second-order valence-corrected chi connectivity index (χ2v) is 12.3. The average Bonchev–Trinajstić information content (AvgIpc) is 2.73. The minimum atomic E-state index is -3.47.